The average molecular weight is 444 g/mol. The van der Waals surface area contributed by atoms with Gasteiger partial charge in [-0.25, -0.2) is 8.42 Å². The molecule has 0 spiro atoms. The number of hydrogen-bond acceptors (Lipinski definition) is 5. The van der Waals surface area contributed by atoms with Gasteiger partial charge in [0.25, 0.3) is 11.6 Å². The van der Waals surface area contributed by atoms with Crippen molar-refractivity contribution in [3.8, 4) is 0 Å². The molecule has 0 aliphatic carbocycles. The summed E-state index contributed by atoms with van der Waals surface area (Å²) in [7, 11) is -3.80. The molecule has 0 aromatic heterocycles. The van der Waals surface area contributed by atoms with Gasteiger partial charge in [0, 0.05) is 37.3 Å². The van der Waals surface area contributed by atoms with Crippen LogP contribution in [0.25, 0.3) is 0 Å². The van der Waals surface area contributed by atoms with E-state index >= 15 is 0 Å². The molecule has 1 amide bonds. The molecule has 0 N–H and O–H groups in total. The van der Waals surface area contributed by atoms with E-state index in [0.717, 1.165) is 0 Å². The lowest BCUT2D eigenvalue weighted by atomic mass is 10.1. The number of halogens is 2. The summed E-state index contributed by atoms with van der Waals surface area (Å²) in [6, 6.07) is 9.89. The van der Waals surface area contributed by atoms with Crippen molar-refractivity contribution >= 4 is 44.8 Å². The van der Waals surface area contributed by atoms with E-state index in [-0.39, 0.29) is 52.4 Å². The SMILES string of the molecule is O=C(c1cc(Cl)ccc1[N+](=O)[O-])N1CCN(S(=O)(=O)c2ccccc2Cl)CC1. The quantitative estimate of drug-likeness (QED) is 0.533. The van der Waals surface area contributed by atoms with Crippen molar-refractivity contribution in [2.75, 3.05) is 26.2 Å². The number of hydrogen-bond donors (Lipinski definition) is 0. The molecule has 1 fully saturated rings. The van der Waals surface area contributed by atoms with Crippen molar-refractivity contribution in [2.45, 2.75) is 4.90 Å². The third kappa shape index (κ3) is 3.97. The number of benzene rings is 2. The van der Waals surface area contributed by atoms with Gasteiger partial charge in [-0.05, 0) is 24.3 Å². The molecule has 11 heteroatoms. The van der Waals surface area contributed by atoms with Gasteiger partial charge in [0.2, 0.25) is 10.0 Å². The molecule has 0 radical (unpaired) electrons. The second kappa shape index (κ2) is 8.04. The lowest BCUT2D eigenvalue weighted by Gasteiger charge is -2.34. The van der Waals surface area contributed by atoms with Gasteiger partial charge in [-0.15, -0.1) is 0 Å². The zero-order valence-electron chi connectivity index (χ0n) is 14.4. The number of carbonyl (C=O) groups is 1. The second-order valence-electron chi connectivity index (χ2n) is 6.05. The summed E-state index contributed by atoms with van der Waals surface area (Å²) in [6.07, 6.45) is 0. The molecule has 0 bridgehead atoms. The van der Waals surface area contributed by atoms with Gasteiger partial charge in [-0.2, -0.15) is 4.31 Å². The Morgan fingerprint density at radius 2 is 1.68 bits per heavy atom. The molecule has 148 valence electrons. The van der Waals surface area contributed by atoms with Gasteiger partial charge < -0.3 is 4.90 Å². The number of carbonyl (C=O) groups excluding carboxylic acids is 1. The van der Waals surface area contributed by atoms with Crippen LogP contribution in [0, 0.1) is 10.1 Å². The first kappa shape index (κ1) is 20.5. The van der Waals surface area contributed by atoms with E-state index in [0.29, 0.717) is 0 Å². The Hall–Kier alpha value is -2.20. The zero-order valence-corrected chi connectivity index (χ0v) is 16.7. The number of piperazine rings is 1. The molecule has 1 aliphatic heterocycles. The number of amides is 1. The largest absolute Gasteiger partial charge is 0.336 e. The number of sulfonamides is 1. The highest BCUT2D eigenvalue weighted by molar-refractivity contribution is 7.89. The summed E-state index contributed by atoms with van der Waals surface area (Å²) < 4.78 is 26.8. The first-order valence-corrected chi connectivity index (χ1v) is 10.4. The fourth-order valence-corrected chi connectivity index (χ4v) is 5.02. The normalized spacial score (nSPS) is 15.4. The smallest absolute Gasteiger partial charge is 0.282 e. The Balaban J connectivity index is 1.78. The van der Waals surface area contributed by atoms with Crippen molar-refractivity contribution < 1.29 is 18.1 Å². The summed E-state index contributed by atoms with van der Waals surface area (Å²) in [5, 5.41) is 11.5. The van der Waals surface area contributed by atoms with Crippen LogP contribution in [-0.4, -0.2) is 54.6 Å². The predicted molar refractivity (Wildman–Crippen MR) is 104 cm³/mol. The summed E-state index contributed by atoms with van der Waals surface area (Å²) in [4.78, 5) is 24.6. The van der Waals surface area contributed by atoms with E-state index in [1.54, 1.807) is 12.1 Å². The summed E-state index contributed by atoms with van der Waals surface area (Å²) in [6.45, 7) is 0.277. The summed E-state index contributed by atoms with van der Waals surface area (Å²) in [5.41, 5.74) is -0.472. The zero-order chi connectivity index (χ0) is 20.5. The van der Waals surface area contributed by atoms with Crippen molar-refractivity contribution in [2.24, 2.45) is 0 Å². The molecule has 2 aromatic rings. The van der Waals surface area contributed by atoms with Gasteiger partial charge >= 0.3 is 0 Å². The monoisotopic (exact) mass is 443 g/mol. The van der Waals surface area contributed by atoms with Crippen LogP contribution in [0.15, 0.2) is 47.4 Å². The fourth-order valence-electron chi connectivity index (χ4n) is 2.93. The van der Waals surface area contributed by atoms with Crippen LogP contribution in [0.5, 0.6) is 0 Å². The maximum absolute atomic E-state index is 12.8. The number of nitrogens with zero attached hydrogens (tertiary/aromatic N) is 3. The summed E-state index contributed by atoms with van der Waals surface area (Å²) >= 11 is 11.9. The third-order valence-electron chi connectivity index (χ3n) is 4.37. The molecule has 0 atom stereocenters. The van der Waals surface area contributed by atoms with E-state index in [4.69, 9.17) is 23.2 Å². The van der Waals surface area contributed by atoms with E-state index in [1.807, 2.05) is 0 Å². The lowest BCUT2D eigenvalue weighted by molar-refractivity contribution is -0.385. The Bertz CT molecular complexity index is 1040. The Labute approximate surface area is 171 Å². The molecule has 8 nitrogen and oxygen atoms in total. The van der Waals surface area contributed by atoms with Crippen LogP contribution in [0.2, 0.25) is 10.0 Å². The highest BCUT2D eigenvalue weighted by Gasteiger charge is 2.33. The van der Waals surface area contributed by atoms with Gasteiger partial charge in [0.1, 0.15) is 10.5 Å². The molecule has 1 aliphatic rings. The Morgan fingerprint density at radius 3 is 2.29 bits per heavy atom. The minimum atomic E-state index is -3.80. The van der Waals surface area contributed by atoms with Crippen LogP contribution in [0.4, 0.5) is 5.69 Å². The molecular formula is C17H15Cl2N3O5S. The maximum Gasteiger partial charge on any atom is 0.282 e. The minimum Gasteiger partial charge on any atom is -0.336 e. The predicted octanol–water partition coefficient (Wildman–Crippen LogP) is 3.05. The van der Waals surface area contributed by atoms with Crippen LogP contribution in [-0.2, 0) is 10.0 Å². The van der Waals surface area contributed by atoms with Crippen LogP contribution < -0.4 is 0 Å². The first-order valence-electron chi connectivity index (χ1n) is 8.19. The van der Waals surface area contributed by atoms with E-state index in [1.165, 1.54) is 39.5 Å². The van der Waals surface area contributed by atoms with E-state index < -0.39 is 20.9 Å². The number of rotatable bonds is 4. The number of nitro benzene ring substituents is 1. The third-order valence-corrected chi connectivity index (χ3v) is 7.00. The highest BCUT2D eigenvalue weighted by Crippen LogP contribution is 2.27. The fraction of sp³-hybridized carbons (Fsp3) is 0.235. The van der Waals surface area contributed by atoms with Gasteiger partial charge in [0.05, 0.1) is 9.95 Å². The molecule has 1 saturated heterocycles. The molecule has 28 heavy (non-hydrogen) atoms. The molecule has 1 heterocycles. The molecule has 0 saturated carbocycles. The molecular weight excluding hydrogens is 429 g/mol. The van der Waals surface area contributed by atoms with Gasteiger partial charge in [0.15, 0.2) is 0 Å². The number of nitro groups is 1. The van der Waals surface area contributed by atoms with Crippen LogP contribution >= 0.6 is 23.2 Å². The van der Waals surface area contributed by atoms with Crippen molar-refractivity contribution in [1.82, 2.24) is 9.21 Å². The van der Waals surface area contributed by atoms with Crippen molar-refractivity contribution in [1.29, 1.82) is 0 Å². The molecule has 2 aromatic carbocycles. The topological polar surface area (TPSA) is 101 Å². The minimum absolute atomic E-state index is 0.00178. The Kier molecular flexibility index (Phi) is 5.90. The van der Waals surface area contributed by atoms with Crippen molar-refractivity contribution in [3.05, 3.63) is 68.2 Å². The lowest BCUT2D eigenvalue weighted by Crippen LogP contribution is -2.50. The molecule has 3 rings (SSSR count). The van der Waals surface area contributed by atoms with Crippen molar-refractivity contribution in [3.63, 3.8) is 0 Å². The standard InChI is InChI=1S/C17H15Cl2N3O5S/c18-12-5-6-15(22(24)25)13(11-12)17(23)20-7-9-21(10-8-20)28(26,27)16-4-2-1-3-14(16)19/h1-6,11H,7-10H2. The van der Waals surface area contributed by atoms with Crippen LogP contribution in [0.3, 0.4) is 0 Å². The molecule has 0 unspecified atom stereocenters. The van der Waals surface area contributed by atoms with E-state index in [2.05, 4.69) is 0 Å². The Morgan fingerprint density at radius 1 is 1.04 bits per heavy atom. The van der Waals surface area contributed by atoms with Gasteiger partial charge in [-0.1, -0.05) is 35.3 Å². The highest BCUT2D eigenvalue weighted by atomic mass is 35.5. The average Bonchev–Trinajstić information content (AvgIpc) is 2.67. The second-order valence-corrected chi connectivity index (χ2v) is 8.80. The first-order chi connectivity index (χ1) is 13.2. The summed E-state index contributed by atoms with van der Waals surface area (Å²) in [5.74, 6) is -0.566. The van der Waals surface area contributed by atoms with E-state index in [9.17, 15) is 23.3 Å². The van der Waals surface area contributed by atoms with Gasteiger partial charge in [-0.3, -0.25) is 14.9 Å². The van der Waals surface area contributed by atoms with Crippen LogP contribution in [0.1, 0.15) is 10.4 Å². The maximum atomic E-state index is 12.8.